The molecule has 188 valence electrons. The van der Waals surface area contributed by atoms with Crippen LogP contribution in [0.4, 0.5) is 13.2 Å². The largest absolute Gasteiger partial charge is 0.491 e. The minimum absolute atomic E-state index is 0.0103. The first-order valence-corrected chi connectivity index (χ1v) is 11.8. The van der Waals surface area contributed by atoms with Gasteiger partial charge < -0.3 is 24.9 Å². The van der Waals surface area contributed by atoms with Crippen molar-refractivity contribution in [1.29, 1.82) is 0 Å². The zero-order valence-corrected chi connectivity index (χ0v) is 20.2. The molecule has 1 aliphatic heterocycles. The Hall–Kier alpha value is -2.21. The minimum Gasteiger partial charge on any atom is -0.491 e. The van der Waals surface area contributed by atoms with Crippen molar-refractivity contribution in [1.82, 2.24) is 4.57 Å². The van der Waals surface area contributed by atoms with E-state index in [1.165, 1.54) is 11.3 Å². The van der Waals surface area contributed by atoms with Crippen molar-refractivity contribution >= 4 is 17.2 Å². The average Bonchev–Trinajstić information content (AvgIpc) is 3.41. The summed E-state index contributed by atoms with van der Waals surface area (Å²) in [5.41, 5.74) is 4.12. The fraction of sp³-hybridized carbons (Fsp3) is 0.565. The maximum atomic E-state index is 13.3. The van der Waals surface area contributed by atoms with E-state index in [0.717, 1.165) is 35.9 Å². The molecule has 3 N–H and O–H groups in total. The standard InChI is InChI=1S/C23H30F3N3O4S/c1-22(2,3)19-11-29(10-16-5-4-8-32-16)21(34-19)28-20(31)17-9-14(23(24,25)26)6-7-18(17)33-13-15(27)12-30/h6-7,9,11,15-16,30H,4-5,8,10,12-13,27H2,1-3H3/b28-21-/t15-,16-/m1/s1. The Morgan fingerprint density at radius 3 is 2.71 bits per heavy atom. The number of nitrogens with two attached hydrogens (primary N) is 1. The number of halogens is 3. The summed E-state index contributed by atoms with van der Waals surface area (Å²) in [6.07, 6.45) is -0.894. The lowest BCUT2D eigenvalue weighted by atomic mass is 9.95. The number of nitrogens with zero attached hydrogens (tertiary/aromatic N) is 2. The van der Waals surface area contributed by atoms with Crippen LogP contribution in [-0.4, -0.2) is 47.5 Å². The number of hydrogen-bond acceptors (Lipinski definition) is 6. The van der Waals surface area contributed by atoms with Gasteiger partial charge in [0.1, 0.15) is 12.4 Å². The van der Waals surface area contributed by atoms with Gasteiger partial charge in [-0.1, -0.05) is 20.8 Å². The quantitative estimate of drug-likeness (QED) is 0.605. The highest BCUT2D eigenvalue weighted by Gasteiger charge is 2.32. The third-order valence-corrected chi connectivity index (χ3v) is 6.75. The zero-order chi connectivity index (χ0) is 25.1. The Balaban J connectivity index is 2.03. The molecule has 2 atom stereocenters. The fourth-order valence-electron chi connectivity index (χ4n) is 3.35. The van der Waals surface area contributed by atoms with Gasteiger partial charge in [0.05, 0.1) is 36.4 Å². The maximum Gasteiger partial charge on any atom is 0.416 e. The molecule has 0 saturated carbocycles. The summed E-state index contributed by atoms with van der Waals surface area (Å²) in [4.78, 5) is 18.7. The number of carbonyl (C=O) groups is 1. The Morgan fingerprint density at radius 2 is 2.12 bits per heavy atom. The number of ether oxygens (including phenoxy) is 2. The molecular formula is C23H30F3N3O4S. The van der Waals surface area contributed by atoms with E-state index in [0.29, 0.717) is 18.0 Å². The summed E-state index contributed by atoms with van der Waals surface area (Å²) < 4.78 is 53.0. The highest BCUT2D eigenvalue weighted by atomic mass is 32.1. The van der Waals surface area contributed by atoms with Crippen LogP contribution >= 0.6 is 11.3 Å². The number of thiazole rings is 1. The van der Waals surface area contributed by atoms with Gasteiger partial charge in [-0.15, -0.1) is 11.3 Å². The summed E-state index contributed by atoms with van der Waals surface area (Å²) in [5.74, 6) is -0.939. The molecular weight excluding hydrogens is 471 g/mol. The summed E-state index contributed by atoms with van der Waals surface area (Å²) in [6, 6.07) is 1.89. The molecule has 3 rings (SSSR count). The normalized spacial score (nSPS) is 18.4. The van der Waals surface area contributed by atoms with Crippen LogP contribution in [0.1, 0.15) is 54.4 Å². The number of carbonyl (C=O) groups excluding carboxylic acids is 1. The molecule has 1 aromatic heterocycles. The van der Waals surface area contributed by atoms with Gasteiger partial charge >= 0.3 is 6.18 Å². The van der Waals surface area contributed by atoms with Gasteiger partial charge in [-0.2, -0.15) is 18.2 Å². The summed E-state index contributed by atoms with van der Waals surface area (Å²) in [7, 11) is 0. The van der Waals surface area contributed by atoms with Crippen LogP contribution < -0.4 is 15.3 Å². The molecule has 1 aliphatic rings. The lowest BCUT2D eigenvalue weighted by molar-refractivity contribution is -0.137. The van der Waals surface area contributed by atoms with Crippen LogP contribution in [0.15, 0.2) is 29.4 Å². The van der Waals surface area contributed by atoms with E-state index in [1.807, 2.05) is 31.5 Å². The van der Waals surface area contributed by atoms with E-state index in [-0.39, 0.29) is 36.0 Å². The van der Waals surface area contributed by atoms with Crippen molar-refractivity contribution in [2.45, 2.75) is 63.9 Å². The van der Waals surface area contributed by atoms with Crippen LogP contribution in [-0.2, 0) is 22.9 Å². The van der Waals surface area contributed by atoms with Crippen LogP contribution in [0.25, 0.3) is 0 Å². The topological polar surface area (TPSA) is 99.1 Å². The maximum absolute atomic E-state index is 13.3. The second-order valence-electron chi connectivity index (χ2n) is 9.29. The van der Waals surface area contributed by atoms with E-state index in [4.69, 9.17) is 20.3 Å². The number of alkyl halides is 3. The number of amides is 1. The number of aliphatic hydroxyl groups is 1. The summed E-state index contributed by atoms with van der Waals surface area (Å²) >= 11 is 1.31. The first kappa shape index (κ1) is 26.4. The first-order valence-electron chi connectivity index (χ1n) is 11.0. The van der Waals surface area contributed by atoms with Crippen molar-refractivity contribution in [3.8, 4) is 5.75 Å². The molecule has 2 heterocycles. The van der Waals surface area contributed by atoms with E-state index >= 15 is 0 Å². The second kappa shape index (κ2) is 10.6. The van der Waals surface area contributed by atoms with E-state index < -0.39 is 23.7 Å². The van der Waals surface area contributed by atoms with Gasteiger partial charge in [-0.25, -0.2) is 0 Å². The van der Waals surface area contributed by atoms with Gasteiger partial charge in [0.25, 0.3) is 5.91 Å². The summed E-state index contributed by atoms with van der Waals surface area (Å²) in [5, 5.41) is 9.10. The molecule has 1 fully saturated rings. The van der Waals surface area contributed by atoms with Crippen molar-refractivity contribution < 1.29 is 32.5 Å². The highest BCUT2D eigenvalue weighted by molar-refractivity contribution is 7.09. The SMILES string of the molecule is CC(C)(C)c1cn(C[C@H]2CCCO2)/c(=N/C(=O)c2cc(C(F)(F)F)ccc2OC[C@H](N)CO)s1. The average molecular weight is 502 g/mol. The van der Waals surface area contributed by atoms with E-state index in [1.54, 1.807) is 0 Å². The minimum atomic E-state index is -4.64. The van der Waals surface area contributed by atoms with Crippen molar-refractivity contribution in [3.63, 3.8) is 0 Å². The van der Waals surface area contributed by atoms with E-state index in [9.17, 15) is 18.0 Å². The third-order valence-electron chi connectivity index (χ3n) is 5.31. The van der Waals surface area contributed by atoms with E-state index in [2.05, 4.69) is 4.99 Å². The number of aromatic nitrogens is 1. The highest BCUT2D eigenvalue weighted by Crippen LogP contribution is 2.33. The summed E-state index contributed by atoms with van der Waals surface area (Å²) in [6.45, 7) is 6.72. The monoisotopic (exact) mass is 501 g/mol. The van der Waals surface area contributed by atoms with Crippen molar-refractivity contribution in [2.75, 3.05) is 19.8 Å². The smallest absolute Gasteiger partial charge is 0.416 e. The van der Waals surface area contributed by atoms with Crippen molar-refractivity contribution in [2.24, 2.45) is 10.7 Å². The van der Waals surface area contributed by atoms with Gasteiger partial charge in [0, 0.05) is 17.7 Å². The molecule has 0 spiro atoms. The predicted octanol–water partition coefficient (Wildman–Crippen LogP) is 3.48. The molecule has 0 aliphatic carbocycles. The van der Waals surface area contributed by atoms with Crippen molar-refractivity contribution in [3.05, 3.63) is 45.2 Å². The van der Waals surface area contributed by atoms with Gasteiger partial charge in [-0.3, -0.25) is 4.79 Å². The number of rotatable bonds is 7. The van der Waals surface area contributed by atoms with Gasteiger partial charge in [0.2, 0.25) is 0 Å². The van der Waals surface area contributed by atoms with Gasteiger partial charge in [-0.05, 0) is 36.5 Å². The Bertz CT molecular complexity index is 1070. The molecule has 11 heteroatoms. The number of hydrogen-bond donors (Lipinski definition) is 2. The fourth-order valence-corrected chi connectivity index (χ4v) is 4.40. The van der Waals surface area contributed by atoms with Gasteiger partial charge in [0.15, 0.2) is 4.80 Å². The zero-order valence-electron chi connectivity index (χ0n) is 19.4. The molecule has 1 amide bonds. The first-order chi connectivity index (χ1) is 15.9. The Morgan fingerprint density at radius 1 is 1.38 bits per heavy atom. The lowest BCUT2D eigenvalue weighted by Crippen LogP contribution is -2.31. The molecule has 0 bridgehead atoms. The predicted molar refractivity (Wildman–Crippen MR) is 122 cm³/mol. The molecule has 7 nitrogen and oxygen atoms in total. The Kier molecular flexibility index (Phi) is 8.22. The molecule has 34 heavy (non-hydrogen) atoms. The second-order valence-corrected chi connectivity index (χ2v) is 10.3. The van der Waals surface area contributed by atoms with Crippen LogP contribution in [0.2, 0.25) is 0 Å². The van der Waals surface area contributed by atoms with Crippen LogP contribution in [0.3, 0.4) is 0 Å². The van der Waals surface area contributed by atoms with Crippen LogP contribution in [0.5, 0.6) is 5.75 Å². The molecule has 1 saturated heterocycles. The lowest BCUT2D eigenvalue weighted by Gasteiger charge is -2.15. The van der Waals surface area contributed by atoms with Crippen LogP contribution in [0, 0.1) is 0 Å². The molecule has 2 aromatic rings. The molecule has 0 unspecified atom stereocenters. The molecule has 1 aromatic carbocycles. The Labute approximate surface area is 200 Å². The molecule has 0 radical (unpaired) electrons. The third kappa shape index (κ3) is 6.68. The number of benzene rings is 1. The number of aliphatic hydroxyl groups excluding tert-OH is 1.